The van der Waals surface area contributed by atoms with Crippen LogP contribution in [-0.2, 0) is 11.0 Å². The predicted octanol–water partition coefficient (Wildman–Crippen LogP) is 3.27. The Morgan fingerprint density at radius 3 is 2.62 bits per heavy atom. The Bertz CT molecular complexity index is 635. The zero-order chi connectivity index (χ0) is 17.9. The molecule has 9 heteroatoms. The number of amides is 2. The number of hydrogen-bond acceptors (Lipinski definition) is 4. The van der Waals surface area contributed by atoms with Crippen molar-refractivity contribution in [2.24, 2.45) is 0 Å². The first-order chi connectivity index (χ1) is 11.2. The second-order valence-corrected chi connectivity index (χ2v) is 6.57. The summed E-state index contributed by atoms with van der Waals surface area (Å²) in [6.07, 6.45) is -4.62. The molecule has 1 N–H and O–H groups in total. The molecule has 1 aliphatic heterocycles. The number of thioether (sulfide) groups is 1. The molecule has 1 heterocycles. The highest BCUT2D eigenvalue weighted by atomic mass is 32.2. The number of carbonyl (C=O) groups excluding carboxylic acids is 2. The highest BCUT2D eigenvalue weighted by molar-refractivity contribution is 8.13. The first kappa shape index (κ1) is 18.4. The zero-order valence-electron chi connectivity index (χ0n) is 13.3. The van der Waals surface area contributed by atoms with Crippen molar-refractivity contribution in [3.63, 3.8) is 0 Å². The van der Waals surface area contributed by atoms with Gasteiger partial charge in [0.25, 0.3) is 5.24 Å². The quantitative estimate of drug-likeness (QED) is 0.875. The normalized spacial score (nSPS) is 14.9. The molecule has 0 aromatic heterocycles. The van der Waals surface area contributed by atoms with Gasteiger partial charge in [-0.05, 0) is 18.2 Å². The second kappa shape index (κ2) is 7.33. The Balaban J connectivity index is 2.07. The number of carbonyl (C=O) groups is 2. The van der Waals surface area contributed by atoms with E-state index in [0.29, 0.717) is 18.0 Å². The molecule has 1 aliphatic rings. The summed E-state index contributed by atoms with van der Waals surface area (Å²) in [6, 6.07) is 3.74. The molecule has 0 aliphatic carbocycles. The summed E-state index contributed by atoms with van der Waals surface area (Å²) in [7, 11) is 3.28. The predicted molar refractivity (Wildman–Crippen MR) is 88.4 cm³/mol. The molecule has 1 aromatic carbocycles. The number of nitrogens with zero attached hydrogens (tertiary/aromatic N) is 2. The summed E-state index contributed by atoms with van der Waals surface area (Å²) in [5.41, 5.74) is -0.782. The molecule has 2 rings (SSSR count). The highest BCUT2D eigenvalue weighted by Crippen LogP contribution is 2.37. The van der Waals surface area contributed by atoms with Crippen molar-refractivity contribution in [3.8, 4) is 0 Å². The third-order valence-electron chi connectivity index (χ3n) is 3.55. The minimum Gasteiger partial charge on any atom is -0.378 e. The van der Waals surface area contributed by atoms with Gasteiger partial charge in [-0.25, -0.2) is 0 Å². The van der Waals surface area contributed by atoms with Crippen LogP contribution >= 0.6 is 11.8 Å². The molecule has 0 spiro atoms. The van der Waals surface area contributed by atoms with Gasteiger partial charge in [-0.1, -0.05) is 11.8 Å². The van der Waals surface area contributed by atoms with Crippen LogP contribution < -0.4 is 10.2 Å². The maximum absolute atomic E-state index is 13.2. The molecule has 0 unspecified atom stereocenters. The zero-order valence-corrected chi connectivity index (χ0v) is 14.1. The summed E-state index contributed by atoms with van der Waals surface area (Å²) < 4.78 is 39.6. The second-order valence-electron chi connectivity index (χ2n) is 5.52. The highest BCUT2D eigenvalue weighted by Gasteiger charge is 2.34. The van der Waals surface area contributed by atoms with Crippen LogP contribution in [0, 0.1) is 0 Å². The number of rotatable bonds is 5. The van der Waals surface area contributed by atoms with Gasteiger partial charge in [0.1, 0.15) is 0 Å². The molecule has 1 aromatic rings. The van der Waals surface area contributed by atoms with Crippen LogP contribution in [0.25, 0.3) is 0 Å². The average Bonchev–Trinajstić information content (AvgIpc) is 2.89. The van der Waals surface area contributed by atoms with Gasteiger partial charge in [-0.2, -0.15) is 13.2 Å². The van der Waals surface area contributed by atoms with Crippen LogP contribution in [0.15, 0.2) is 18.2 Å². The maximum atomic E-state index is 13.2. The van der Waals surface area contributed by atoms with Gasteiger partial charge in [0.15, 0.2) is 0 Å². The van der Waals surface area contributed by atoms with E-state index in [1.165, 1.54) is 28.8 Å². The fourth-order valence-corrected chi connectivity index (χ4v) is 3.08. The van der Waals surface area contributed by atoms with E-state index in [9.17, 15) is 22.8 Å². The van der Waals surface area contributed by atoms with Gasteiger partial charge in [-0.15, -0.1) is 0 Å². The molecule has 2 amide bonds. The fraction of sp³-hybridized carbons (Fsp3) is 0.467. The lowest BCUT2D eigenvalue weighted by molar-refractivity contribution is -0.136. The third-order valence-corrected chi connectivity index (χ3v) is 4.44. The number of hydrogen-bond donors (Lipinski definition) is 1. The number of anilines is 2. The van der Waals surface area contributed by atoms with E-state index >= 15 is 0 Å². The first-order valence-corrected chi connectivity index (χ1v) is 8.27. The molecule has 0 saturated carbocycles. The lowest BCUT2D eigenvalue weighted by Crippen LogP contribution is -2.28. The molecular formula is C15H18F3N3O2S. The minimum absolute atomic E-state index is 0.0426. The monoisotopic (exact) mass is 361 g/mol. The fourth-order valence-electron chi connectivity index (χ4n) is 2.23. The standard InChI is InChI=1S/C15H18F3N3O2S/c1-20(2)10-3-4-12(11(9-10)15(16,17)18)19-13(22)5-6-21-7-8-24-14(21)23/h3-4,9H,5-8H2,1-2H3,(H,19,22). The first-order valence-electron chi connectivity index (χ1n) is 7.28. The Kier molecular flexibility index (Phi) is 5.63. The molecule has 132 valence electrons. The summed E-state index contributed by atoms with van der Waals surface area (Å²) in [5, 5.41) is 2.20. The van der Waals surface area contributed by atoms with Gasteiger partial charge < -0.3 is 15.1 Å². The van der Waals surface area contributed by atoms with E-state index in [1.54, 1.807) is 19.0 Å². The maximum Gasteiger partial charge on any atom is 0.418 e. The van der Waals surface area contributed by atoms with Gasteiger partial charge in [0, 0.05) is 45.0 Å². The lowest BCUT2D eigenvalue weighted by atomic mass is 10.1. The third kappa shape index (κ3) is 4.56. The summed E-state index contributed by atoms with van der Waals surface area (Å²) in [5.74, 6) is 0.118. The van der Waals surface area contributed by atoms with Crippen LogP contribution in [0.4, 0.5) is 29.3 Å². The Morgan fingerprint density at radius 2 is 2.08 bits per heavy atom. The molecule has 0 bridgehead atoms. The van der Waals surface area contributed by atoms with Crippen LogP contribution in [0.2, 0.25) is 0 Å². The van der Waals surface area contributed by atoms with E-state index in [2.05, 4.69) is 5.32 Å². The van der Waals surface area contributed by atoms with Gasteiger partial charge in [-0.3, -0.25) is 9.59 Å². The Hall–Kier alpha value is -1.90. The van der Waals surface area contributed by atoms with E-state index in [4.69, 9.17) is 0 Å². The average molecular weight is 361 g/mol. The number of alkyl halides is 3. The molecule has 1 fully saturated rings. The summed E-state index contributed by atoms with van der Waals surface area (Å²) in [4.78, 5) is 26.4. The van der Waals surface area contributed by atoms with E-state index in [-0.39, 0.29) is 23.9 Å². The van der Waals surface area contributed by atoms with Crippen molar-refractivity contribution in [1.29, 1.82) is 0 Å². The van der Waals surface area contributed by atoms with Crippen LogP contribution in [0.5, 0.6) is 0 Å². The van der Waals surface area contributed by atoms with Gasteiger partial charge in [0.05, 0.1) is 11.3 Å². The van der Waals surface area contributed by atoms with Crippen molar-refractivity contribution in [1.82, 2.24) is 4.90 Å². The molecule has 5 nitrogen and oxygen atoms in total. The molecular weight excluding hydrogens is 343 g/mol. The lowest BCUT2D eigenvalue weighted by Gasteiger charge is -2.19. The van der Waals surface area contributed by atoms with Crippen LogP contribution in [0.3, 0.4) is 0 Å². The Morgan fingerprint density at radius 1 is 1.38 bits per heavy atom. The smallest absolute Gasteiger partial charge is 0.378 e. The van der Waals surface area contributed by atoms with Crippen molar-refractivity contribution < 1.29 is 22.8 Å². The molecule has 24 heavy (non-hydrogen) atoms. The minimum atomic E-state index is -4.57. The SMILES string of the molecule is CN(C)c1ccc(NC(=O)CCN2CCSC2=O)c(C(F)(F)F)c1. The molecule has 0 radical (unpaired) electrons. The number of halogens is 3. The van der Waals surface area contributed by atoms with Gasteiger partial charge in [0.2, 0.25) is 5.91 Å². The van der Waals surface area contributed by atoms with Crippen molar-refractivity contribution >= 4 is 34.3 Å². The summed E-state index contributed by atoms with van der Waals surface area (Å²) in [6.45, 7) is 0.761. The molecule has 1 saturated heterocycles. The topological polar surface area (TPSA) is 52.7 Å². The number of nitrogens with one attached hydrogen (secondary N) is 1. The molecule has 0 atom stereocenters. The van der Waals surface area contributed by atoms with Crippen LogP contribution in [-0.4, -0.2) is 49.0 Å². The van der Waals surface area contributed by atoms with E-state index in [0.717, 1.165) is 6.07 Å². The largest absolute Gasteiger partial charge is 0.418 e. The van der Waals surface area contributed by atoms with Gasteiger partial charge >= 0.3 is 6.18 Å². The van der Waals surface area contributed by atoms with Crippen molar-refractivity contribution in [3.05, 3.63) is 23.8 Å². The van der Waals surface area contributed by atoms with Crippen molar-refractivity contribution in [2.75, 3.05) is 43.2 Å². The van der Waals surface area contributed by atoms with Crippen LogP contribution in [0.1, 0.15) is 12.0 Å². The van der Waals surface area contributed by atoms with Crippen molar-refractivity contribution in [2.45, 2.75) is 12.6 Å². The van der Waals surface area contributed by atoms with E-state index in [1.807, 2.05) is 0 Å². The van der Waals surface area contributed by atoms with E-state index < -0.39 is 17.6 Å². The number of benzene rings is 1. The summed E-state index contributed by atoms with van der Waals surface area (Å²) >= 11 is 1.17. The Labute approximate surface area is 142 Å².